The summed E-state index contributed by atoms with van der Waals surface area (Å²) in [5.41, 5.74) is 0. The molecule has 19 heavy (non-hydrogen) atoms. The lowest BCUT2D eigenvalue weighted by Gasteiger charge is -2.13. The van der Waals surface area contributed by atoms with Crippen molar-refractivity contribution >= 4 is 51.7 Å². The molecule has 0 radical (unpaired) electrons. The Hall–Kier alpha value is 0.0400. The maximum atomic E-state index is 12.2. The van der Waals surface area contributed by atoms with Crippen LogP contribution >= 0.6 is 31.9 Å². The standard InChI is InChI=1S/C10H11Br2NO4S2/c11-7-1-2-9(12)10(5-7)19(16,17)13-8-3-4-18(14,15)6-8/h1-2,5,8,13H,3-4,6H2. The van der Waals surface area contributed by atoms with Gasteiger partial charge < -0.3 is 0 Å². The van der Waals surface area contributed by atoms with Gasteiger partial charge >= 0.3 is 0 Å². The van der Waals surface area contributed by atoms with Crippen molar-refractivity contribution in [1.82, 2.24) is 4.72 Å². The largest absolute Gasteiger partial charge is 0.242 e. The third kappa shape index (κ3) is 3.78. The zero-order chi connectivity index (χ0) is 14.3. The van der Waals surface area contributed by atoms with Crippen LogP contribution in [0.25, 0.3) is 0 Å². The fraction of sp³-hybridized carbons (Fsp3) is 0.400. The molecule has 1 fully saturated rings. The molecule has 0 bridgehead atoms. The average molecular weight is 433 g/mol. The van der Waals surface area contributed by atoms with Gasteiger partial charge in [-0.3, -0.25) is 0 Å². The van der Waals surface area contributed by atoms with Crippen LogP contribution in [-0.4, -0.2) is 34.4 Å². The van der Waals surface area contributed by atoms with E-state index < -0.39 is 25.9 Å². The summed E-state index contributed by atoms with van der Waals surface area (Å²) in [5, 5.41) is 0. The van der Waals surface area contributed by atoms with E-state index in [2.05, 4.69) is 36.6 Å². The topological polar surface area (TPSA) is 80.3 Å². The highest BCUT2D eigenvalue weighted by Gasteiger charge is 2.32. The van der Waals surface area contributed by atoms with Crippen molar-refractivity contribution in [2.24, 2.45) is 0 Å². The lowest BCUT2D eigenvalue weighted by atomic mass is 10.3. The van der Waals surface area contributed by atoms with E-state index in [-0.39, 0.29) is 16.4 Å². The molecule has 1 aliphatic rings. The molecule has 1 N–H and O–H groups in total. The number of hydrogen-bond acceptors (Lipinski definition) is 4. The highest BCUT2D eigenvalue weighted by molar-refractivity contribution is 9.11. The molecule has 9 heteroatoms. The number of nitrogens with one attached hydrogen (secondary N) is 1. The lowest BCUT2D eigenvalue weighted by Crippen LogP contribution is -2.35. The monoisotopic (exact) mass is 431 g/mol. The summed E-state index contributed by atoms with van der Waals surface area (Å²) in [6, 6.07) is 4.24. The van der Waals surface area contributed by atoms with Gasteiger partial charge in [0.25, 0.3) is 0 Å². The van der Waals surface area contributed by atoms with E-state index in [0.29, 0.717) is 15.4 Å². The van der Waals surface area contributed by atoms with Crippen LogP contribution in [0.2, 0.25) is 0 Å². The Morgan fingerprint density at radius 3 is 2.53 bits per heavy atom. The van der Waals surface area contributed by atoms with Gasteiger partial charge in [0.2, 0.25) is 10.0 Å². The Morgan fingerprint density at radius 1 is 1.26 bits per heavy atom. The predicted molar refractivity (Wildman–Crippen MR) is 79.2 cm³/mol. The molecule has 0 aliphatic carbocycles. The molecule has 5 nitrogen and oxygen atoms in total. The summed E-state index contributed by atoms with van der Waals surface area (Å²) in [4.78, 5) is 0.0890. The van der Waals surface area contributed by atoms with Gasteiger partial charge in [-0.15, -0.1) is 0 Å². The maximum Gasteiger partial charge on any atom is 0.242 e. The van der Waals surface area contributed by atoms with E-state index >= 15 is 0 Å². The van der Waals surface area contributed by atoms with Crippen LogP contribution < -0.4 is 4.72 Å². The van der Waals surface area contributed by atoms with Crippen molar-refractivity contribution in [2.75, 3.05) is 11.5 Å². The third-order valence-electron chi connectivity index (χ3n) is 2.74. The van der Waals surface area contributed by atoms with Gasteiger partial charge in [0.15, 0.2) is 9.84 Å². The second-order valence-corrected chi connectivity index (χ2v) is 9.98. The van der Waals surface area contributed by atoms with Gasteiger partial charge in [-0.1, -0.05) is 15.9 Å². The van der Waals surface area contributed by atoms with Crippen LogP contribution in [0.5, 0.6) is 0 Å². The summed E-state index contributed by atoms with van der Waals surface area (Å²) < 4.78 is 50.6. The Bertz CT molecular complexity index is 700. The van der Waals surface area contributed by atoms with Crippen molar-refractivity contribution in [3.8, 4) is 0 Å². The van der Waals surface area contributed by atoms with E-state index in [1.807, 2.05) is 0 Å². The third-order valence-corrected chi connectivity index (χ3v) is 7.51. The molecule has 1 heterocycles. The van der Waals surface area contributed by atoms with Gasteiger partial charge in [-0.05, 0) is 40.5 Å². The number of benzene rings is 1. The summed E-state index contributed by atoms with van der Waals surface area (Å²) in [6.45, 7) is 0. The van der Waals surface area contributed by atoms with Crippen LogP contribution in [0.15, 0.2) is 32.0 Å². The number of sulfonamides is 1. The highest BCUT2D eigenvalue weighted by Crippen LogP contribution is 2.26. The molecular formula is C10H11Br2NO4S2. The molecule has 0 saturated carbocycles. The Morgan fingerprint density at radius 2 is 1.95 bits per heavy atom. The molecule has 1 saturated heterocycles. The van der Waals surface area contributed by atoms with Crippen LogP contribution in [-0.2, 0) is 19.9 Å². The normalized spacial score (nSPS) is 22.5. The first-order chi connectivity index (χ1) is 8.70. The van der Waals surface area contributed by atoms with Crippen molar-refractivity contribution < 1.29 is 16.8 Å². The fourth-order valence-electron chi connectivity index (χ4n) is 1.85. The van der Waals surface area contributed by atoms with Crippen LogP contribution in [0.3, 0.4) is 0 Å². The summed E-state index contributed by atoms with van der Waals surface area (Å²) in [7, 11) is -6.85. The summed E-state index contributed by atoms with van der Waals surface area (Å²) in [6.07, 6.45) is 0.313. The van der Waals surface area contributed by atoms with Crippen LogP contribution in [0.1, 0.15) is 6.42 Å². The number of sulfone groups is 1. The molecule has 0 spiro atoms. The second kappa shape index (κ2) is 5.44. The van der Waals surface area contributed by atoms with Gasteiger partial charge in [0.05, 0.1) is 16.4 Å². The minimum atomic E-state index is -3.74. The first-order valence-electron chi connectivity index (χ1n) is 5.37. The molecule has 0 aromatic heterocycles. The maximum absolute atomic E-state index is 12.2. The average Bonchev–Trinajstić information content (AvgIpc) is 2.60. The Kier molecular flexibility index (Phi) is 4.41. The SMILES string of the molecule is O=S1(=O)CCC(NS(=O)(=O)c2cc(Br)ccc2Br)C1. The van der Waals surface area contributed by atoms with Gasteiger partial charge in [-0.25, -0.2) is 21.6 Å². The van der Waals surface area contributed by atoms with Crippen LogP contribution in [0.4, 0.5) is 0 Å². The molecule has 1 aliphatic heterocycles. The van der Waals surface area contributed by atoms with E-state index in [4.69, 9.17) is 0 Å². The minimum absolute atomic E-state index is 0.0276. The van der Waals surface area contributed by atoms with Crippen molar-refractivity contribution in [3.05, 3.63) is 27.1 Å². The number of hydrogen-bond donors (Lipinski definition) is 1. The molecule has 1 aromatic rings. The molecule has 106 valence electrons. The molecule has 1 aromatic carbocycles. The molecular weight excluding hydrogens is 422 g/mol. The summed E-state index contributed by atoms with van der Waals surface area (Å²) >= 11 is 6.39. The molecule has 0 amide bonds. The molecule has 2 rings (SSSR count). The molecule has 1 atom stereocenters. The Labute approximate surface area is 129 Å². The van der Waals surface area contributed by atoms with Crippen molar-refractivity contribution in [2.45, 2.75) is 17.4 Å². The lowest BCUT2D eigenvalue weighted by molar-refractivity contribution is 0.562. The summed E-state index contributed by atoms with van der Waals surface area (Å²) in [5.74, 6) is -0.113. The van der Waals surface area contributed by atoms with Gasteiger partial charge in [0.1, 0.15) is 0 Å². The zero-order valence-corrected chi connectivity index (χ0v) is 14.4. The van der Waals surface area contributed by atoms with Gasteiger partial charge in [0, 0.05) is 15.0 Å². The van der Waals surface area contributed by atoms with Crippen LogP contribution in [0, 0.1) is 0 Å². The highest BCUT2D eigenvalue weighted by atomic mass is 79.9. The second-order valence-electron chi connectivity index (χ2n) is 4.30. The van der Waals surface area contributed by atoms with Crippen molar-refractivity contribution in [3.63, 3.8) is 0 Å². The molecule has 1 unspecified atom stereocenters. The Balaban J connectivity index is 2.26. The fourth-order valence-corrected chi connectivity index (χ4v) is 6.41. The van der Waals surface area contributed by atoms with E-state index in [9.17, 15) is 16.8 Å². The first-order valence-corrected chi connectivity index (χ1v) is 10.3. The van der Waals surface area contributed by atoms with E-state index in [0.717, 1.165) is 0 Å². The van der Waals surface area contributed by atoms with E-state index in [1.165, 1.54) is 6.07 Å². The minimum Gasteiger partial charge on any atom is -0.229 e. The quantitative estimate of drug-likeness (QED) is 0.787. The smallest absolute Gasteiger partial charge is 0.229 e. The van der Waals surface area contributed by atoms with Gasteiger partial charge in [-0.2, -0.15) is 0 Å². The number of halogens is 2. The van der Waals surface area contributed by atoms with E-state index in [1.54, 1.807) is 12.1 Å². The van der Waals surface area contributed by atoms with Crippen molar-refractivity contribution in [1.29, 1.82) is 0 Å². The predicted octanol–water partition coefficient (Wildman–Crippen LogP) is 1.68. The first kappa shape index (κ1) is 15.4. The zero-order valence-electron chi connectivity index (χ0n) is 9.64. The number of rotatable bonds is 3.